The van der Waals surface area contributed by atoms with E-state index in [4.69, 9.17) is 4.42 Å². The maximum Gasteiger partial charge on any atom is 0.286 e. The molecule has 2 amide bonds. The Bertz CT molecular complexity index is 921. The lowest BCUT2D eigenvalue weighted by Crippen LogP contribution is -2.48. The molecule has 30 heavy (non-hydrogen) atoms. The Balaban J connectivity index is 2.20. The highest BCUT2D eigenvalue weighted by Gasteiger charge is 2.34. The van der Waals surface area contributed by atoms with Gasteiger partial charge < -0.3 is 14.6 Å². The first kappa shape index (κ1) is 23.2. The molecule has 1 atom stereocenters. The number of hydrogen-bond donors (Lipinski definition) is 1. The number of Topliss-reactive ketones (excluding diaryl/α,β-unsaturated/α-hetero) is 1. The summed E-state index contributed by atoms with van der Waals surface area (Å²) in [6.07, 6.45) is 0. The van der Waals surface area contributed by atoms with Crippen molar-refractivity contribution in [2.24, 2.45) is 5.92 Å². The minimum absolute atomic E-state index is 0.168. The molecule has 9 heteroatoms. The van der Waals surface area contributed by atoms with Gasteiger partial charge in [0.05, 0.1) is 18.0 Å². The number of hydrogen-bond acceptors (Lipinski definition) is 6. The molecule has 1 heterocycles. The number of nitrogens with one attached hydrogen (secondary N) is 1. The van der Waals surface area contributed by atoms with Gasteiger partial charge >= 0.3 is 0 Å². The van der Waals surface area contributed by atoms with Crippen molar-refractivity contribution in [3.63, 3.8) is 0 Å². The number of nitrogens with zero attached hydrogens (tertiary/aromatic N) is 3. The molecule has 162 valence electrons. The van der Waals surface area contributed by atoms with Crippen molar-refractivity contribution in [2.75, 3.05) is 13.6 Å². The fourth-order valence-electron chi connectivity index (χ4n) is 2.78. The zero-order chi connectivity index (χ0) is 22.6. The Kier molecular flexibility index (Phi) is 7.07. The molecular formula is C21H27FN4O4. The van der Waals surface area contributed by atoms with Crippen molar-refractivity contribution >= 4 is 17.6 Å². The van der Waals surface area contributed by atoms with E-state index in [1.54, 1.807) is 26.0 Å². The van der Waals surface area contributed by atoms with E-state index in [0.717, 1.165) is 5.56 Å². The monoisotopic (exact) mass is 418 g/mol. The summed E-state index contributed by atoms with van der Waals surface area (Å²) in [4.78, 5) is 37.7. The van der Waals surface area contributed by atoms with Crippen LogP contribution in [0.25, 0.3) is 0 Å². The highest BCUT2D eigenvalue weighted by atomic mass is 19.1. The zero-order valence-electron chi connectivity index (χ0n) is 18.0. The average Bonchev–Trinajstić information content (AvgIpc) is 3.16. The van der Waals surface area contributed by atoms with Crippen LogP contribution in [0.15, 0.2) is 28.7 Å². The van der Waals surface area contributed by atoms with Crippen LogP contribution in [-0.4, -0.2) is 52.3 Å². The lowest BCUT2D eigenvalue weighted by atomic mass is 9.84. The molecule has 0 fully saturated rings. The lowest BCUT2D eigenvalue weighted by Gasteiger charge is -2.22. The molecule has 0 spiro atoms. The SMILES string of the molecule is CC(=O)N(C)CC(=O)N[C@H](C(=O)c1nnc(C(C)(C)c2ccc(F)cc2)o1)C(C)C. The third kappa shape index (κ3) is 5.28. The Morgan fingerprint density at radius 3 is 2.30 bits per heavy atom. The number of carbonyl (C=O) groups excluding carboxylic acids is 3. The van der Waals surface area contributed by atoms with Gasteiger partial charge in [-0.3, -0.25) is 14.4 Å². The highest BCUT2D eigenvalue weighted by Crippen LogP contribution is 2.30. The van der Waals surface area contributed by atoms with Gasteiger partial charge in [-0.25, -0.2) is 4.39 Å². The number of ketones is 1. The molecule has 0 saturated carbocycles. The second-order valence-electron chi connectivity index (χ2n) is 8.07. The van der Waals surface area contributed by atoms with Crippen molar-refractivity contribution in [3.05, 3.63) is 47.4 Å². The number of halogens is 1. The average molecular weight is 418 g/mol. The van der Waals surface area contributed by atoms with Crippen molar-refractivity contribution < 1.29 is 23.2 Å². The van der Waals surface area contributed by atoms with E-state index < -0.39 is 23.1 Å². The summed E-state index contributed by atoms with van der Waals surface area (Å²) in [7, 11) is 1.50. The Labute approximate surface area is 174 Å². The molecule has 2 rings (SSSR count). The van der Waals surface area contributed by atoms with Crippen LogP contribution in [0.1, 0.15) is 56.8 Å². The fourth-order valence-corrected chi connectivity index (χ4v) is 2.78. The van der Waals surface area contributed by atoms with Gasteiger partial charge in [-0.2, -0.15) is 0 Å². The summed E-state index contributed by atoms with van der Waals surface area (Å²) in [6.45, 7) is 8.37. The Morgan fingerprint density at radius 2 is 1.77 bits per heavy atom. The highest BCUT2D eigenvalue weighted by molar-refractivity contribution is 5.99. The van der Waals surface area contributed by atoms with Crippen molar-refractivity contribution in [2.45, 2.75) is 46.1 Å². The second-order valence-corrected chi connectivity index (χ2v) is 8.07. The second kappa shape index (κ2) is 9.15. The van der Waals surface area contributed by atoms with Gasteiger partial charge in [0.15, 0.2) is 0 Å². The number of benzene rings is 1. The van der Waals surface area contributed by atoms with E-state index in [1.807, 2.05) is 13.8 Å². The van der Waals surface area contributed by atoms with Gasteiger partial charge in [-0.05, 0) is 37.5 Å². The predicted molar refractivity (Wildman–Crippen MR) is 107 cm³/mol. The molecule has 0 unspecified atom stereocenters. The Hall–Kier alpha value is -3.10. The van der Waals surface area contributed by atoms with E-state index in [-0.39, 0.29) is 36.0 Å². The summed E-state index contributed by atoms with van der Waals surface area (Å²) in [6, 6.07) is 5.01. The molecule has 0 aliphatic heterocycles. The lowest BCUT2D eigenvalue weighted by molar-refractivity contribution is -0.133. The zero-order valence-corrected chi connectivity index (χ0v) is 18.0. The molecule has 0 aliphatic rings. The fraction of sp³-hybridized carbons (Fsp3) is 0.476. The summed E-state index contributed by atoms with van der Waals surface area (Å²) >= 11 is 0. The van der Waals surface area contributed by atoms with Crippen LogP contribution < -0.4 is 5.32 Å². The van der Waals surface area contributed by atoms with Gasteiger partial charge in [0.25, 0.3) is 5.89 Å². The first-order chi connectivity index (χ1) is 13.9. The van der Waals surface area contributed by atoms with Gasteiger partial charge in [0.1, 0.15) is 5.82 Å². The largest absolute Gasteiger partial charge is 0.417 e. The minimum atomic E-state index is -0.889. The minimum Gasteiger partial charge on any atom is -0.417 e. The number of rotatable bonds is 8. The molecule has 0 saturated heterocycles. The molecule has 1 aromatic heterocycles. The predicted octanol–water partition coefficient (Wildman–Crippen LogP) is 2.34. The van der Waals surface area contributed by atoms with Crippen LogP contribution >= 0.6 is 0 Å². The van der Waals surface area contributed by atoms with Gasteiger partial charge in [-0.1, -0.05) is 26.0 Å². The van der Waals surface area contributed by atoms with Crippen LogP contribution in [0.2, 0.25) is 0 Å². The van der Waals surface area contributed by atoms with Gasteiger partial charge in [0, 0.05) is 14.0 Å². The van der Waals surface area contributed by atoms with E-state index in [9.17, 15) is 18.8 Å². The summed E-state index contributed by atoms with van der Waals surface area (Å²) in [5.74, 6) is -1.88. The summed E-state index contributed by atoms with van der Waals surface area (Å²) < 4.78 is 18.9. The molecule has 8 nitrogen and oxygen atoms in total. The first-order valence-corrected chi connectivity index (χ1v) is 9.58. The standard InChI is InChI=1S/C21H27FN4O4/c1-12(2)17(23-16(28)11-26(6)13(3)27)18(29)19-24-25-20(30-19)21(4,5)14-7-9-15(22)10-8-14/h7-10,12,17H,11H2,1-6H3,(H,23,28)/t17-/m0/s1. The molecule has 2 aromatic rings. The summed E-state index contributed by atoms with van der Waals surface area (Å²) in [5.41, 5.74) is -0.00691. The summed E-state index contributed by atoms with van der Waals surface area (Å²) in [5, 5.41) is 10.5. The van der Waals surface area contributed by atoms with E-state index in [1.165, 1.54) is 31.0 Å². The molecule has 0 radical (unpaired) electrons. The molecule has 1 N–H and O–H groups in total. The van der Waals surface area contributed by atoms with Crippen LogP contribution in [0, 0.1) is 11.7 Å². The topological polar surface area (TPSA) is 105 Å². The van der Waals surface area contributed by atoms with Crippen LogP contribution in [0.5, 0.6) is 0 Å². The van der Waals surface area contributed by atoms with E-state index in [0.29, 0.717) is 0 Å². The number of aromatic nitrogens is 2. The number of carbonyl (C=O) groups is 3. The third-order valence-corrected chi connectivity index (χ3v) is 4.92. The Morgan fingerprint density at radius 1 is 1.17 bits per heavy atom. The number of amides is 2. The van der Waals surface area contributed by atoms with E-state index >= 15 is 0 Å². The van der Waals surface area contributed by atoms with Crippen molar-refractivity contribution in [1.29, 1.82) is 0 Å². The molecular weight excluding hydrogens is 391 g/mol. The molecule has 1 aromatic carbocycles. The van der Waals surface area contributed by atoms with Crippen molar-refractivity contribution in [3.8, 4) is 0 Å². The van der Waals surface area contributed by atoms with Gasteiger partial charge in [-0.15, -0.1) is 10.2 Å². The first-order valence-electron chi connectivity index (χ1n) is 9.58. The van der Waals surface area contributed by atoms with Crippen LogP contribution in [0.3, 0.4) is 0 Å². The quantitative estimate of drug-likeness (QED) is 0.660. The third-order valence-electron chi connectivity index (χ3n) is 4.92. The van der Waals surface area contributed by atoms with Crippen LogP contribution in [0.4, 0.5) is 4.39 Å². The number of likely N-dealkylation sites (N-methyl/N-ethyl adjacent to an activating group) is 1. The maximum atomic E-state index is 13.2. The molecule has 0 aliphatic carbocycles. The molecule has 0 bridgehead atoms. The smallest absolute Gasteiger partial charge is 0.286 e. The van der Waals surface area contributed by atoms with E-state index in [2.05, 4.69) is 15.5 Å². The normalized spacial score (nSPS) is 12.5. The maximum absolute atomic E-state index is 13.2. The van der Waals surface area contributed by atoms with Gasteiger partial charge in [0.2, 0.25) is 23.5 Å². The van der Waals surface area contributed by atoms with Crippen LogP contribution in [-0.2, 0) is 15.0 Å². The van der Waals surface area contributed by atoms with Crippen molar-refractivity contribution in [1.82, 2.24) is 20.4 Å².